The molecule has 0 aliphatic carbocycles. The second kappa shape index (κ2) is 8.15. The predicted octanol–water partition coefficient (Wildman–Crippen LogP) is 8.85. The van der Waals surface area contributed by atoms with E-state index in [9.17, 15) is 0 Å². The van der Waals surface area contributed by atoms with Gasteiger partial charge < -0.3 is 13.9 Å². The number of ether oxygens (including phenoxy) is 2. The summed E-state index contributed by atoms with van der Waals surface area (Å²) in [4.78, 5) is 0. The molecule has 0 amide bonds. The van der Waals surface area contributed by atoms with Gasteiger partial charge in [-0.25, -0.2) is 0 Å². The third-order valence-electron chi connectivity index (χ3n) is 11.4. The monoisotopic (exact) mass is 562 g/mol. The molecule has 1 aromatic heterocycles. The average Bonchev–Trinajstić information content (AvgIpc) is 3.46. The van der Waals surface area contributed by atoms with Crippen molar-refractivity contribution in [3.63, 3.8) is 0 Å². The molecule has 1 unspecified atom stereocenters. The minimum absolute atomic E-state index is 0.774. The fourth-order valence-electron chi connectivity index (χ4n) is 7.79. The van der Waals surface area contributed by atoms with Gasteiger partial charge in [0.25, 0.3) is 0 Å². The molecule has 7 rings (SSSR count). The minimum Gasteiger partial charge on any atom is -0.399 e. The lowest BCUT2D eigenvalue weighted by Crippen LogP contribution is -2.61. The van der Waals surface area contributed by atoms with Crippen LogP contribution in [0.15, 0.2) is 4.42 Å². The largest absolute Gasteiger partial charge is 0.718 e. The second-order valence-electron chi connectivity index (χ2n) is 13.0. The Morgan fingerprint density at radius 3 is 1.33 bits per heavy atom. The standard InChI is InChI=1S/C37H42N2O3/c1-15-19(5)25(11)34-29(21(15)7)27(13)38-32-31-23(9)17(3)18(4)24(10)33(31)40-36(32)39-28(14)30-22(8)16(2)20(6)26(12)35(30)42-37(38,39)41-34/h1-14H3/q+2. The molecule has 4 heterocycles. The van der Waals surface area contributed by atoms with Crippen LogP contribution < -0.4 is 9.47 Å². The van der Waals surface area contributed by atoms with Gasteiger partial charge in [0.2, 0.25) is 11.4 Å². The highest BCUT2D eigenvalue weighted by molar-refractivity contribution is 6.06. The lowest BCUT2D eigenvalue weighted by Gasteiger charge is -2.32. The van der Waals surface area contributed by atoms with Crippen LogP contribution in [0.5, 0.6) is 11.5 Å². The zero-order valence-corrected chi connectivity index (χ0v) is 27.6. The van der Waals surface area contributed by atoms with Crippen LogP contribution in [-0.2, 0) is 0 Å². The van der Waals surface area contributed by atoms with Gasteiger partial charge in [0.15, 0.2) is 17.1 Å². The number of rotatable bonds is 0. The van der Waals surface area contributed by atoms with Gasteiger partial charge in [-0.2, -0.15) is 0 Å². The maximum Gasteiger partial charge on any atom is 0.718 e. The Bertz CT molecular complexity index is 2060. The summed E-state index contributed by atoms with van der Waals surface area (Å²) in [5.41, 5.74) is 21.2. The molecular weight excluding hydrogens is 520 g/mol. The predicted molar refractivity (Wildman–Crippen MR) is 169 cm³/mol. The molecule has 3 aliphatic heterocycles. The van der Waals surface area contributed by atoms with E-state index in [1.165, 1.54) is 55.6 Å². The first kappa shape index (κ1) is 27.0. The summed E-state index contributed by atoms with van der Waals surface area (Å²) in [5.74, 6) is 2.55. The van der Waals surface area contributed by atoms with Gasteiger partial charge in [-0.15, -0.1) is 0 Å². The number of benzene rings is 3. The van der Waals surface area contributed by atoms with Crippen molar-refractivity contribution in [1.82, 2.24) is 0 Å². The average molecular weight is 563 g/mol. The summed E-state index contributed by atoms with van der Waals surface area (Å²) < 4.78 is 26.0. The van der Waals surface area contributed by atoms with Crippen molar-refractivity contribution in [2.75, 3.05) is 0 Å². The van der Waals surface area contributed by atoms with Crippen LogP contribution in [0.1, 0.15) is 91.7 Å². The quantitative estimate of drug-likeness (QED) is 0.201. The number of aryl methyl sites for hydroxylation is 2. The number of furan rings is 1. The molecule has 4 aromatic rings. The van der Waals surface area contributed by atoms with Crippen molar-refractivity contribution in [2.45, 2.75) is 103 Å². The van der Waals surface area contributed by atoms with Crippen LogP contribution in [0.4, 0.5) is 11.6 Å². The van der Waals surface area contributed by atoms with Gasteiger partial charge in [0.05, 0.1) is 11.1 Å². The van der Waals surface area contributed by atoms with E-state index >= 15 is 0 Å². The van der Waals surface area contributed by atoms with Crippen LogP contribution in [-0.4, -0.2) is 26.6 Å². The van der Waals surface area contributed by atoms with E-state index in [1.807, 2.05) is 0 Å². The van der Waals surface area contributed by atoms with E-state index in [1.54, 1.807) is 0 Å². The molecule has 0 fully saturated rings. The Kier molecular flexibility index (Phi) is 5.24. The molecule has 0 saturated carbocycles. The first-order chi connectivity index (χ1) is 19.7. The van der Waals surface area contributed by atoms with Crippen LogP contribution in [0.3, 0.4) is 0 Å². The molecular formula is C37H42N2O3+2. The van der Waals surface area contributed by atoms with E-state index < -0.39 is 6.03 Å². The smallest absolute Gasteiger partial charge is 0.399 e. The summed E-state index contributed by atoms with van der Waals surface area (Å²) in [6.07, 6.45) is 0. The van der Waals surface area contributed by atoms with Gasteiger partial charge in [-0.3, -0.25) is 0 Å². The number of fused-ring (bicyclic) bond motifs is 7. The van der Waals surface area contributed by atoms with Crippen LogP contribution in [0.2, 0.25) is 0 Å². The van der Waals surface area contributed by atoms with Gasteiger partial charge in [-0.05, 0) is 159 Å². The fourth-order valence-corrected chi connectivity index (χ4v) is 7.79. The Labute approximate surface area is 249 Å². The molecule has 0 saturated heterocycles. The van der Waals surface area contributed by atoms with Gasteiger partial charge >= 0.3 is 17.6 Å². The Morgan fingerprint density at radius 2 is 0.833 bits per heavy atom. The molecule has 216 valence electrons. The Hall–Kier alpha value is -3.86. The van der Waals surface area contributed by atoms with Crippen LogP contribution >= 0.6 is 0 Å². The molecule has 42 heavy (non-hydrogen) atoms. The van der Waals surface area contributed by atoms with Crippen molar-refractivity contribution in [3.05, 3.63) is 77.9 Å². The second-order valence-corrected chi connectivity index (χ2v) is 13.0. The van der Waals surface area contributed by atoms with Crippen LogP contribution in [0, 0.1) is 83.1 Å². The molecule has 0 N–H and O–H groups in total. The third-order valence-corrected chi connectivity index (χ3v) is 11.4. The number of nitrogens with zero attached hydrogens (tertiary/aromatic N) is 2. The highest BCUT2D eigenvalue weighted by Crippen LogP contribution is 2.57. The highest BCUT2D eigenvalue weighted by atomic mass is 16.7. The van der Waals surface area contributed by atoms with Crippen LogP contribution in [0.25, 0.3) is 11.0 Å². The van der Waals surface area contributed by atoms with Gasteiger partial charge in [-0.1, -0.05) is 0 Å². The molecule has 3 aliphatic rings. The van der Waals surface area contributed by atoms with E-state index in [4.69, 9.17) is 13.9 Å². The zero-order valence-electron chi connectivity index (χ0n) is 27.6. The highest BCUT2D eigenvalue weighted by Gasteiger charge is 2.77. The lowest BCUT2D eigenvalue weighted by molar-refractivity contribution is -0.837. The lowest BCUT2D eigenvalue weighted by atomic mass is 9.89. The maximum atomic E-state index is 7.30. The zero-order chi connectivity index (χ0) is 30.5. The summed E-state index contributed by atoms with van der Waals surface area (Å²) in [7, 11) is 0. The Balaban J connectivity index is 1.74. The van der Waals surface area contributed by atoms with Crippen molar-refractivity contribution in [2.24, 2.45) is 0 Å². The molecule has 0 radical (unpaired) electrons. The topological polar surface area (TPSA) is 37.6 Å². The Morgan fingerprint density at radius 1 is 0.429 bits per heavy atom. The number of hydrogen-bond donors (Lipinski definition) is 0. The minimum atomic E-state index is -1.28. The number of hydrogen-bond acceptors (Lipinski definition) is 3. The summed E-state index contributed by atoms with van der Waals surface area (Å²) in [5, 5.41) is 1.13. The first-order valence-electron chi connectivity index (χ1n) is 15.1. The van der Waals surface area contributed by atoms with Crippen molar-refractivity contribution >= 4 is 34.0 Å². The summed E-state index contributed by atoms with van der Waals surface area (Å²) in [6, 6.07) is -1.28. The van der Waals surface area contributed by atoms with Gasteiger partial charge in [0.1, 0.15) is 5.39 Å². The maximum absolute atomic E-state index is 7.30. The normalized spacial score (nSPS) is 18.5. The molecule has 0 bridgehead atoms. The third kappa shape index (κ3) is 2.80. The van der Waals surface area contributed by atoms with Crippen molar-refractivity contribution in [1.29, 1.82) is 0 Å². The van der Waals surface area contributed by atoms with E-state index in [0.717, 1.165) is 67.7 Å². The summed E-state index contributed by atoms with van der Waals surface area (Å²) in [6.45, 7) is 30.8. The fraction of sp³-hybridized carbons (Fsp3) is 0.405. The van der Waals surface area contributed by atoms with E-state index in [2.05, 4.69) is 106 Å². The van der Waals surface area contributed by atoms with Gasteiger partial charge in [0, 0.05) is 13.8 Å². The van der Waals surface area contributed by atoms with Crippen molar-refractivity contribution in [3.8, 4) is 11.5 Å². The molecule has 5 nitrogen and oxygen atoms in total. The molecule has 3 aromatic carbocycles. The van der Waals surface area contributed by atoms with E-state index in [0.29, 0.717) is 0 Å². The molecule has 1 spiro atoms. The van der Waals surface area contributed by atoms with Crippen molar-refractivity contribution < 1.29 is 23.0 Å². The molecule has 1 atom stereocenters. The summed E-state index contributed by atoms with van der Waals surface area (Å²) >= 11 is 0. The first-order valence-corrected chi connectivity index (χ1v) is 15.1. The molecule has 5 heteroatoms. The SMILES string of the molecule is CC1=[N+]2c3oc4c(C)c(C)c(C)c(C)c4c3[N+]3=C(C)c4c(C)c(C)c(C)c(C)c4OC23Oc2c(C)c(C)c(C)c(C)c21. The van der Waals surface area contributed by atoms with E-state index in [-0.39, 0.29) is 0 Å².